The number of hydrogen-bond acceptors (Lipinski definition) is 5. The number of fused-ring (bicyclic) bond motifs is 1. The second-order valence-corrected chi connectivity index (χ2v) is 5.43. The van der Waals surface area contributed by atoms with Crippen LogP contribution in [-0.2, 0) is 12.8 Å². The number of pyridine rings is 1. The summed E-state index contributed by atoms with van der Waals surface area (Å²) in [5.74, 6) is 0.460. The first kappa shape index (κ1) is 17.0. The average Bonchev–Trinajstić information content (AvgIpc) is 3.00. The van der Waals surface area contributed by atoms with Gasteiger partial charge in [-0.05, 0) is 19.1 Å². The molecule has 3 heterocycles. The summed E-state index contributed by atoms with van der Waals surface area (Å²) in [5.41, 5.74) is -1.36. The second-order valence-electron chi connectivity index (χ2n) is 5.43. The van der Waals surface area contributed by atoms with Crippen molar-refractivity contribution in [2.24, 2.45) is 0 Å². The van der Waals surface area contributed by atoms with E-state index in [-0.39, 0.29) is 12.3 Å². The number of aliphatic hydroxyl groups is 1. The molecule has 0 aliphatic heterocycles. The monoisotopic (exact) mass is 353 g/mol. The lowest BCUT2D eigenvalue weighted by molar-refractivity contribution is -0.140. The molecular formula is C15H14F3N5O2. The fraction of sp³-hybridized carbons (Fsp3) is 0.267. The molecule has 0 amide bonds. The third-order valence-corrected chi connectivity index (χ3v) is 3.56. The SMILES string of the molecule is CC(Nc1cccc(CO)n1)c1cn2cc(C(F)(F)F)nc2c(=O)[nH]1. The van der Waals surface area contributed by atoms with Gasteiger partial charge >= 0.3 is 6.18 Å². The van der Waals surface area contributed by atoms with Gasteiger partial charge in [-0.1, -0.05) is 6.07 Å². The highest BCUT2D eigenvalue weighted by molar-refractivity contribution is 5.41. The van der Waals surface area contributed by atoms with Crippen LogP contribution >= 0.6 is 0 Å². The third kappa shape index (κ3) is 3.48. The number of anilines is 1. The summed E-state index contributed by atoms with van der Waals surface area (Å²) in [4.78, 5) is 22.0. The van der Waals surface area contributed by atoms with Crippen molar-refractivity contribution in [3.8, 4) is 0 Å². The Hall–Kier alpha value is -2.88. The summed E-state index contributed by atoms with van der Waals surface area (Å²) in [6.07, 6.45) is -2.49. The number of aliphatic hydroxyl groups excluding tert-OH is 1. The molecule has 0 spiro atoms. The van der Waals surface area contributed by atoms with E-state index in [9.17, 15) is 18.0 Å². The van der Waals surface area contributed by atoms with Gasteiger partial charge in [0.1, 0.15) is 5.82 Å². The molecule has 0 saturated heterocycles. The van der Waals surface area contributed by atoms with E-state index in [1.165, 1.54) is 6.20 Å². The van der Waals surface area contributed by atoms with Crippen molar-refractivity contribution in [3.63, 3.8) is 0 Å². The first-order chi connectivity index (χ1) is 11.8. The minimum Gasteiger partial charge on any atom is -0.390 e. The number of aromatic nitrogens is 4. The molecular weight excluding hydrogens is 339 g/mol. The zero-order valence-corrected chi connectivity index (χ0v) is 13.0. The van der Waals surface area contributed by atoms with Gasteiger partial charge in [0.15, 0.2) is 5.69 Å². The normalized spacial score (nSPS) is 13.2. The molecule has 25 heavy (non-hydrogen) atoms. The molecule has 0 aliphatic rings. The zero-order valence-electron chi connectivity index (χ0n) is 13.0. The molecule has 0 radical (unpaired) electrons. The number of H-pyrrole nitrogens is 1. The number of nitrogens with one attached hydrogen (secondary N) is 2. The Morgan fingerprint density at radius 1 is 1.32 bits per heavy atom. The first-order valence-corrected chi connectivity index (χ1v) is 7.30. The van der Waals surface area contributed by atoms with Crippen molar-refractivity contribution in [2.45, 2.75) is 25.7 Å². The van der Waals surface area contributed by atoms with Gasteiger partial charge in [0.25, 0.3) is 5.56 Å². The van der Waals surface area contributed by atoms with Gasteiger partial charge in [-0.3, -0.25) is 4.79 Å². The van der Waals surface area contributed by atoms with Crippen molar-refractivity contribution in [3.05, 3.63) is 58.0 Å². The predicted octanol–water partition coefficient (Wildman–Crippen LogP) is 2.10. The van der Waals surface area contributed by atoms with E-state index < -0.39 is 23.5 Å². The summed E-state index contributed by atoms with van der Waals surface area (Å²) in [6, 6.07) is 4.57. The number of imidazole rings is 1. The van der Waals surface area contributed by atoms with Crippen LogP contribution in [0.15, 0.2) is 35.4 Å². The van der Waals surface area contributed by atoms with Gasteiger partial charge in [-0.25, -0.2) is 9.97 Å². The van der Waals surface area contributed by atoms with E-state index in [4.69, 9.17) is 5.11 Å². The van der Waals surface area contributed by atoms with Gasteiger partial charge in [0, 0.05) is 12.4 Å². The molecule has 0 aliphatic carbocycles. The number of aromatic amines is 1. The van der Waals surface area contributed by atoms with Crippen LogP contribution in [0, 0.1) is 0 Å². The summed E-state index contributed by atoms with van der Waals surface area (Å²) < 4.78 is 39.3. The molecule has 0 saturated carbocycles. The first-order valence-electron chi connectivity index (χ1n) is 7.30. The molecule has 3 aromatic rings. The van der Waals surface area contributed by atoms with Gasteiger partial charge in [0.2, 0.25) is 5.65 Å². The Labute approximate surface area is 139 Å². The summed E-state index contributed by atoms with van der Waals surface area (Å²) in [7, 11) is 0. The molecule has 3 rings (SSSR count). The Morgan fingerprint density at radius 2 is 2.08 bits per heavy atom. The summed E-state index contributed by atoms with van der Waals surface area (Å²) >= 11 is 0. The Balaban J connectivity index is 1.93. The standard InChI is InChI=1S/C15H14F3N5O2/c1-8(19-12-4-2-3-9(7-24)20-12)10-5-23-6-11(15(16,17)18)22-13(23)14(25)21-10/h2-6,8,24H,7H2,1H3,(H,19,20)(H,21,25). The fourth-order valence-electron chi connectivity index (χ4n) is 2.33. The smallest absolute Gasteiger partial charge is 0.390 e. The van der Waals surface area contributed by atoms with E-state index in [1.807, 2.05) is 0 Å². The lowest BCUT2D eigenvalue weighted by Gasteiger charge is -2.15. The molecule has 0 bridgehead atoms. The van der Waals surface area contributed by atoms with Crippen LogP contribution in [-0.4, -0.2) is 24.5 Å². The van der Waals surface area contributed by atoms with Gasteiger partial charge in [-0.15, -0.1) is 0 Å². The van der Waals surface area contributed by atoms with Crippen molar-refractivity contribution in [1.82, 2.24) is 19.4 Å². The van der Waals surface area contributed by atoms with Crippen LogP contribution < -0.4 is 10.9 Å². The Bertz CT molecular complexity index is 964. The van der Waals surface area contributed by atoms with Gasteiger partial charge < -0.3 is 19.8 Å². The molecule has 1 atom stereocenters. The van der Waals surface area contributed by atoms with E-state index in [0.29, 0.717) is 17.2 Å². The van der Waals surface area contributed by atoms with Gasteiger partial charge in [0.05, 0.1) is 24.0 Å². The van der Waals surface area contributed by atoms with Gasteiger partial charge in [-0.2, -0.15) is 13.2 Å². The van der Waals surface area contributed by atoms with E-state index in [2.05, 4.69) is 20.3 Å². The van der Waals surface area contributed by atoms with Crippen molar-refractivity contribution in [1.29, 1.82) is 0 Å². The Morgan fingerprint density at radius 3 is 2.76 bits per heavy atom. The molecule has 132 valence electrons. The highest BCUT2D eigenvalue weighted by Gasteiger charge is 2.34. The predicted molar refractivity (Wildman–Crippen MR) is 83.0 cm³/mol. The quantitative estimate of drug-likeness (QED) is 0.668. The van der Waals surface area contributed by atoms with Crippen LogP contribution in [0.5, 0.6) is 0 Å². The number of hydrogen-bond donors (Lipinski definition) is 3. The maximum atomic E-state index is 12.7. The van der Waals surface area contributed by atoms with Crippen LogP contribution in [0.25, 0.3) is 5.65 Å². The average molecular weight is 353 g/mol. The lowest BCUT2D eigenvalue weighted by atomic mass is 10.2. The van der Waals surface area contributed by atoms with E-state index >= 15 is 0 Å². The third-order valence-electron chi connectivity index (χ3n) is 3.56. The molecule has 7 nitrogen and oxygen atoms in total. The summed E-state index contributed by atoms with van der Waals surface area (Å²) in [5, 5.41) is 12.1. The van der Waals surface area contributed by atoms with Crippen molar-refractivity contribution < 1.29 is 18.3 Å². The molecule has 10 heteroatoms. The highest BCUT2D eigenvalue weighted by Crippen LogP contribution is 2.28. The van der Waals surface area contributed by atoms with Crippen LogP contribution in [0.4, 0.5) is 19.0 Å². The minimum absolute atomic E-state index is 0.220. The van der Waals surface area contributed by atoms with Crippen molar-refractivity contribution >= 4 is 11.5 Å². The number of nitrogens with zero attached hydrogens (tertiary/aromatic N) is 3. The van der Waals surface area contributed by atoms with Crippen LogP contribution in [0.3, 0.4) is 0 Å². The fourth-order valence-corrected chi connectivity index (χ4v) is 2.33. The number of alkyl halides is 3. The topological polar surface area (TPSA) is 95.3 Å². The molecule has 1 unspecified atom stereocenters. The van der Waals surface area contributed by atoms with Crippen molar-refractivity contribution in [2.75, 3.05) is 5.32 Å². The van der Waals surface area contributed by atoms with Crippen LogP contribution in [0.2, 0.25) is 0 Å². The molecule has 0 aromatic carbocycles. The van der Waals surface area contributed by atoms with Crippen LogP contribution in [0.1, 0.15) is 30.0 Å². The highest BCUT2D eigenvalue weighted by atomic mass is 19.4. The lowest BCUT2D eigenvalue weighted by Crippen LogP contribution is -2.18. The Kier molecular flexibility index (Phi) is 4.21. The molecule has 3 aromatic heterocycles. The maximum Gasteiger partial charge on any atom is 0.434 e. The maximum absolute atomic E-state index is 12.7. The molecule has 3 N–H and O–H groups in total. The zero-order chi connectivity index (χ0) is 18.2. The van der Waals surface area contributed by atoms with E-state index in [0.717, 1.165) is 10.6 Å². The molecule has 0 fully saturated rings. The minimum atomic E-state index is -4.63. The summed E-state index contributed by atoms with van der Waals surface area (Å²) in [6.45, 7) is 1.49. The number of rotatable bonds is 4. The second kappa shape index (κ2) is 6.20. The number of halogens is 3. The largest absolute Gasteiger partial charge is 0.434 e. The van der Waals surface area contributed by atoms with E-state index in [1.54, 1.807) is 25.1 Å².